The summed E-state index contributed by atoms with van der Waals surface area (Å²) in [7, 11) is -3.63. The highest BCUT2D eigenvalue weighted by molar-refractivity contribution is 7.89. The zero-order valence-electron chi connectivity index (χ0n) is 14.3. The summed E-state index contributed by atoms with van der Waals surface area (Å²) in [5.74, 6) is -1.04. The molecule has 1 amide bonds. The Kier molecular flexibility index (Phi) is 5.92. The number of carbonyl (C=O) groups excluding carboxylic acids is 1. The minimum Gasteiger partial charge on any atom is -0.319 e. The molecule has 0 aliphatic heterocycles. The van der Waals surface area contributed by atoms with E-state index in [1.807, 2.05) is 6.92 Å². The number of halogens is 1. The second kappa shape index (κ2) is 7.76. The van der Waals surface area contributed by atoms with E-state index in [0.717, 1.165) is 5.56 Å². The van der Waals surface area contributed by atoms with Crippen molar-refractivity contribution in [1.82, 2.24) is 4.72 Å². The lowest BCUT2D eigenvalue weighted by molar-refractivity contribution is 0.102. The molecule has 0 saturated heterocycles. The van der Waals surface area contributed by atoms with Gasteiger partial charge in [0.1, 0.15) is 5.82 Å². The Balaban J connectivity index is 2.15. The standard InChI is InChI=1S/C18H21FN2O3S/c1-4-13(3)21-25(23,24)15-8-6-14(7-9-15)18(22)20-17-10-5-12(2)11-16(17)19/h5-11,13,21H,4H2,1-3H3,(H,20,22). The van der Waals surface area contributed by atoms with Crippen LogP contribution < -0.4 is 10.0 Å². The Morgan fingerprint density at radius 1 is 1.16 bits per heavy atom. The normalized spacial score (nSPS) is 12.6. The van der Waals surface area contributed by atoms with E-state index in [4.69, 9.17) is 0 Å². The van der Waals surface area contributed by atoms with Crippen molar-refractivity contribution in [2.24, 2.45) is 0 Å². The van der Waals surface area contributed by atoms with Gasteiger partial charge in [-0.05, 0) is 62.2 Å². The highest BCUT2D eigenvalue weighted by Gasteiger charge is 2.17. The molecule has 0 saturated carbocycles. The summed E-state index contributed by atoms with van der Waals surface area (Å²) in [6.45, 7) is 5.40. The molecule has 134 valence electrons. The van der Waals surface area contributed by atoms with Crippen LogP contribution in [-0.4, -0.2) is 20.4 Å². The van der Waals surface area contributed by atoms with Crippen LogP contribution in [0.25, 0.3) is 0 Å². The van der Waals surface area contributed by atoms with E-state index in [-0.39, 0.29) is 22.2 Å². The summed E-state index contributed by atoms with van der Waals surface area (Å²) in [5.41, 5.74) is 1.06. The van der Waals surface area contributed by atoms with Crippen molar-refractivity contribution in [2.45, 2.75) is 38.1 Å². The fraction of sp³-hybridized carbons (Fsp3) is 0.278. The van der Waals surface area contributed by atoms with Gasteiger partial charge in [-0.2, -0.15) is 0 Å². The van der Waals surface area contributed by atoms with Crippen LogP contribution in [-0.2, 0) is 10.0 Å². The predicted molar refractivity (Wildman–Crippen MR) is 95.6 cm³/mol. The Morgan fingerprint density at radius 3 is 2.36 bits per heavy atom. The fourth-order valence-electron chi connectivity index (χ4n) is 2.12. The number of hydrogen-bond acceptors (Lipinski definition) is 3. The monoisotopic (exact) mass is 364 g/mol. The Bertz CT molecular complexity index is 864. The molecule has 2 N–H and O–H groups in total. The number of nitrogens with one attached hydrogen (secondary N) is 2. The van der Waals surface area contributed by atoms with E-state index in [9.17, 15) is 17.6 Å². The average Bonchev–Trinajstić information content (AvgIpc) is 2.57. The first kappa shape index (κ1) is 19.1. The maximum atomic E-state index is 13.8. The number of benzene rings is 2. The maximum absolute atomic E-state index is 13.8. The minimum atomic E-state index is -3.63. The van der Waals surface area contributed by atoms with Gasteiger partial charge in [0.05, 0.1) is 10.6 Å². The van der Waals surface area contributed by atoms with Crippen LogP contribution in [0.15, 0.2) is 47.4 Å². The van der Waals surface area contributed by atoms with Crippen molar-refractivity contribution in [2.75, 3.05) is 5.32 Å². The average molecular weight is 364 g/mol. The van der Waals surface area contributed by atoms with Gasteiger partial charge in [-0.25, -0.2) is 17.5 Å². The summed E-state index contributed by atoms with van der Waals surface area (Å²) in [5, 5.41) is 2.47. The lowest BCUT2D eigenvalue weighted by atomic mass is 10.2. The molecule has 0 spiro atoms. The molecule has 1 unspecified atom stereocenters. The molecule has 7 heteroatoms. The summed E-state index contributed by atoms with van der Waals surface area (Å²) in [6.07, 6.45) is 0.668. The largest absolute Gasteiger partial charge is 0.319 e. The zero-order chi connectivity index (χ0) is 18.6. The van der Waals surface area contributed by atoms with E-state index >= 15 is 0 Å². The summed E-state index contributed by atoms with van der Waals surface area (Å²) in [6, 6.07) is 9.81. The molecule has 0 fully saturated rings. The molecule has 25 heavy (non-hydrogen) atoms. The molecule has 0 heterocycles. The first-order chi connectivity index (χ1) is 11.7. The van der Waals surface area contributed by atoms with Gasteiger partial charge in [0.2, 0.25) is 10.0 Å². The molecular weight excluding hydrogens is 343 g/mol. The second-order valence-corrected chi connectivity index (χ2v) is 7.61. The molecule has 0 radical (unpaired) electrons. The SMILES string of the molecule is CCC(C)NS(=O)(=O)c1ccc(C(=O)Nc2ccc(C)cc2F)cc1. The van der Waals surface area contributed by atoms with E-state index in [1.165, 1.54) is 36.4 Å². The molecule has 2 aromatic carbocycles. The Labute approximate surface area is 147 Å². The van der Waals surface area contributed by atoms with Gasteiger partial charge in [0.15, 0.2) is 0 Å². The van der Waals surface area contributed by atoms with Crippen molar-refractivity contribution in [3.05, 3.63) is 59.4 Å². The first-order valence-electron chi connectivity index (χ1n) is 7.93. The Hall–Kier alpha value is -2.25. The van der Waals surface area contributed by atoms with E-state index < -0.39 is 21.7 Å². The van der Waals surface area contributed by atoms with Crippen molar-refractivity contribution in [3.8, 4) is 0 Å². The molecular formula is C18H21FN2O3S. The lowest BCUT2D eigenvalue weighted by Gasteiger charge is -2.12. The molecule has 0 bridgehead atoms. The topological polar surface area (TPSA) is 75.3 Å². The molecule has 5 nitrogen and oxygen atoms in total. The number of sulfonamides is 1. The van der Waals surface area contributed by atoms with Gasteiger partial charge in [-0.3, -0.25) is 4.79 Å². The molecule has 2 aromatic rings. The predicted octanol–water partition coefficient (Wildman–Crippen LogP) is 3.46. The van der Waals surface area contributed by atoms with Crippen LogP contribution in [0.1, 0.15) is 36.2 Å². The number of rotatable bonds is 6. The third-order valence-corrected chi connectivity index (χ3v) is 5.37. The first-order valence-corrected chi connectivity index (χ1v) is 9.41. The third kappa shape index (κ3) is 4.87. The minimum absolute atomic E-state index is 0.0748. The van der Waals surface area contributed by atoms with E-state index in [1.54, 1.807) is 19.9 Å². The summed E-state index contributed by atoms with van der Waals surface area (Å²) < 4.78 is 40.7. The summed E-state index contributed by atoms with van der Waals surface area (Å²) >= 11 is 0. The van der Waals surface area contributed by atoms with E-state index in [0.29, 0.717) is 6.42 Å². The van der Waals surface area contributed by atoms with Crippen LogP contribution in [0.5, 0.6) is 0 Å². The van der Waals surface area contributed by atoms with Crippen molar-refractivity contribution < 1.29 is 17.6 Å². The number of anilines is 1. The van der Waals surface area contributed by atoms with Crippen LogP contribution in [0.2, 0.25) is 0 Å². The van der Waals surface area contributed by atoms with Crippen LogP contribution in [0.4, 0.5) is 10.1 Å². The van der Waals surface area contributed by atoms with Gasteiger partial charge in [0.25, 0.3) is 5.91 Å². The van der Waals surface area contributed by atoms with Crippen LogP contribution in [0, 0.1) is 12.7 Å². The van der Waals surface area contributed by atoms with Gasteiger partial charge in [0, 0.05) is 11.6 Å². The smallest absolute Gasteiger partial charge is 0.255 e. The number of amides is 1. The summed E-state index contributed by atoms with van der Waals surface area (Å²) in [4.78, 5) is 12.3. The lowest BCUT2D eigenvalue weighted by Crippen LogP contribution is -2.32. The Morgan fingerprint density at radius 2 is 1.80 bits per heavy atom. The van der Waals surface area contributed by atoms with Crippen LogP contribution in [0.3, 0.4) is 0 Å². The molecule has 0 aliphatic carbocycles. The van der Waals surface area contributed by atoms with Crippen molar-refractivity contribution in [3.63, 3.8) is 0 Å². The zero-order valence-corrected chi connectivity index (χ0v) is 15.2. The van der Waals surface area contributed by atoms with E-state index in [2.05, 4.69) is 10.0 Å². The number of carbonyl (C=O) groups is 1. The highest BCUT2D eigenvalue weighted by Crippen LogP contribution is 2.17. The highest BCUT2D eigenvalue weighted by atomic mass is 32.2. The van der Waals surface area contributed by atoms with Gasteiger partial charge in [-0.15, -0.1) is 0 Å². The third-order valence-electron chi connectivity index (χ3n) is 3.77. The molecule has 0 aliphatic rings. The maximum Gasteiger partial charge on any atom is 0.255 e. The van der Waals surface area contributed by atoms with Gasteiger partial charge in [-0.1, -0.05) is 13.0 Å². The van der Waals surface area contributed by atoms with Crippen LogP contribution >= 0.6 is 0 Å². The van der Waals surface area contributed by atoms with Crippen molar-refractivity contribution in [1.29, 1.82) is 0 Å². The molecule has 2 rings (SSSR count). The van der Waals surface area contributed by atoms with Gasteiger partial charge < -0.3 is 5.32 Å². The molecule has 0 aromatic heterocycles. The number of hydrogen-bond donors (Lipinski definition) is 2. The van der Waals surface area contributed by atoms with Gasteiger partial charge >= 0.3 is 0 Å². The number of aryl methyl sites for hydroxylation is 1. The fourth-order valence-corrected chi connectivity index (χ4v) is 3.44. The van der Waals surface area contributed by atoms with Crippen molar-refractivity contribution >= 4 is 21.6 Å². The quantitative estimate of drug-likeness (QED) is 0.824. The molecule has 1 atom stereocenters. The second-order valence-electron chi connectivity index (χ2n) is 5.89.